The van der Waals surface area contributed by atoms with Crippen LogP contribution >= 0.6 is 23.1 Å². The highest BCUT2D eigenvalue weighted by atomic mass is 32.2. The van der Waals surface area contributed by atoms with Crippen molar-refractivity contribution in [1.29, 1.82) is 0 Å². The van der Waals surface area contributed by atoms with Crippen molar-refractivity contribution in [3.63, 3.8) is 0 Å². The molecule has 4 aromatic rings. The molecule has 8 nitrogen and oxygen atoms in total. The third-order valence-corrected chi connectivity index (χ3v) is 10.3. The maximum Gasteiger partial charge on any atom is 0.416 e. The van der Waals surface area contributed by atoms with E-state index in [9.17, 15) is 45.5 Å². The summed E-state index contributed by atoms with van der Waals surface area (Å²) < 4.78 is 86.3. The first-order valence-corrected chi connectivity index (χ1v) is 15.4. The number of thiazole rings is 1. The van der Waals surface area contributed by atoms with Crippen molar-refractivity contribution in [2.45, 2.75) is 35.1 Å². The third-order valence-electron chi connectivity index (χ3n) is 7.73. The number of alkyl halides is 6. The number of rotatable bonds is 6. The molecular formula is C31H21F6N3O5S2. The van der Waals surface area contributed by atoms with Gasteiger partial charge in [-0.1, -0.05) is 47.4 Å². The highest BCUT2D eigenvalue weighted by Crippen LogP contribution is 2.54. The number of amides is 3. The number of nitrogens with zero attached hydrogens (tertiary/aromatic N) is 2. The number of anilines is 2. The number of carbonyl (C=O) groups excluding carboxylic acids is 3. The molecule has 0 radical (unpaired) electrons. The Labute approximate surface area is 269 Å². The number of methoxy groups -OCH3 is 1. The molecule has 3 atom stereocenters. The van der Waals surface area contributed by atoms with E-state index in [1.165, 1.54) is 19.2 Å². The van der Waals surface area contributed by atoms with Crippen LogP contribution in [-0.2, 0) is 33.3 Å². The summed E-state index contributed by atoms with van der Waals surface area (Å²) in [5.74, 6) is -3.92. The molecule has 0 aliphatic carbocycles. The quantitative estimate of drug-likeness (QED) is 0.186. The lowest BCUT2D eigenvalue weighted by Crippen LogP contribution is -2.33. The van der Waals surface area contributed by atoms with Crippen molar-refractivity contribution in [3.05, 3.63) is 104 Å². The molecule has 2 aliphatic rings. The minimum atomic E-state index is -4.73. The van der Waals surface area contributed by atoms with Crippen molar-refractivity contribution < 1.29 is 45.5 Å². The predicted octanol–water partition coefficient (Wildman–Crippen LogP) is 6.39. The fraction of sp³-hybridized carbons (Fsp3) is 0.226. The molecule has 3 aromatic carbocycles. The monoisotopic (exact) mass is 693 g/mol. The minimum absolute atomic E-state index is 0.154. The largest absolute Gasteiger partial charge is 0.497 e. The van der Waals surface area contributed by atoms with E-state index in [-0.39, 0.29) is 16.4 Å². The average molecular weight is 694 g/mol. The summed E-state index contributed by atoms with van der Waals surface area (Å²) in [6, 6.07) is 14.3. The molecule has 2 unspecified atom stereocenters. The Morgan fingerprint density at radius 2 is 1.51 bits per heavy atom. The lowest BCUT2D eigenvalue weighted by Gasteiger charge is -2.30. The number of imide groups is 1. The SMILES string of the molecule is COc1ccc([C@H]2c3sc(=O)n(CC(=O)Nc4cccc(C(F)(F)F)c4)c3SC3C(=O)N(c4cccc(C(F)(F)F)c4)C(=O)C32)cc1. The number of benzene rings is 3. The molecule has 1 aromatic heterocycles. The number of nitrogens with one attached hydrogen (secondary N) is 1. The second kappa shape index (κ2) is 11.9. The molecule has 47 heavy (non-hydrogen) atoms. The van der Waals surface area contributed by atoms with Gasteiger partial charge in [0.1, 0.15) is 17.5 Å². The van der Waals surface area contributed by atoms with Crippen molar-refractivity contribution in [2.75, 3.05) is 17.3 Å². The van der Waals surface area contributed by atoms with Gasteiger partial charge in [-0.05, 0) is 54.1 Å². The van der Waals surface area contributed by atoms with Crippen LogP contribution in [0.5, 0.6) is 5.75 Å². The van der Waals surface area contributed by atoms with Gasteiger partial charge in [-0.2, -0.15) is 26.3 Å². The van der Waals surface area contributed by atoms with Gasteiger partial charge in [0.25, 0.3) is 0 Å². The first-order chi connectivity index (χ1) is 22.2. The van der Waals surface area contributed by atoms with Gasteiger partial charge >= 0.3 is 17.2 Å². The van der Waals surface area contributed by atoms with E-state index in [0.717, 1.165) is 58.0 Å². The zero-order valence-electron chi connectivity index (χ0n) is 23.9. The lowest BCUT2D eigenvalue weighted by atomic mass is 9.83. The predicted molar refractivity (Wildman–Crippen MR) is 161 cm³/mol. The number of hydrogen-bond donors (Lipinski definition) is 1. The number of carbonyl (C=O) groups is 3. The summed E-state index contributed by atoms with van der Waals surface area (Å²) in [7, 11) is 1.45. The number of fused-ring (bicyclic) bond motifs is 2. The molecule has 0 saturated carbocycles. The van der Waals surface area contributed by atoms with E-state index >= 15 is 0 Å². The second-order valence-electron chi connectivity index (χ2n) is 10.6. The molecule has 16 heteroatoms. The first-order valence-electron chi connectivity index (χ1n) is 13.7. The van der Waals surface area contributed by atoms with E-state index in [1.807, 2.05) is 0 Å². The van der Waals surface area contributed by atoms with Gasteiger partial charge < -0.3 is 10.1 Å². The Bertz CT molecular complexity index is 1950. The van der Waals surface area contributed by atoms with Crippen molar-refractivity contribution in [3.8, 4) is 5.75 Å². The molecule has 2 aliphatic heterocycles. The van der Waals surface area contributed by atoms with Gasteiger partial charge in [-0.25, -0.2) is 4.90 Å². The number of thioether (sulfide) groups is 1. The van der Waals surface area contributed by atoms with E-state index in [2.05, 4.69) is 5.32 Å². The van der Waals surface area contributed by atoms with Gasteiger partial charge in [0.05, 0.1) is 34.9 Å². The van der Waals surface area contributed by atoms with Crippen molar-refractivity contribution >= 4 is 52.2 Å². The summed E-state index contributed by atoms with van der Waals surface area (Å²) in [5, 5.41) is 1.36. The van der Waals surface area contributed by atoms with Crippen LogP contribution in [0.1, 0.15) is 27.5 Å². The zero-order valence-corrected chi connectivity index (χ0v) is 25.5. The van der Waals surface area contributed by atoms with Crippen LogP contribution in [0, 0.1) is 5.92 Å². The molecule has 0 bridgehead atoms. The van der Waals surface area contributed by atoms with Crippen LogP contribution in [0.3, 0.4) is 0 Å². The summed E-state index contributed by atoms with van der Waals surface area (Å²) in [5.41, 5.74) is -1.95. The van der Waals surface area contributed by atoms with E-state index < -0.39 is 69.7 Å². The maximum atomic E-state index is 14.0. The van der Waals surface area contributed by atoms with Gasteiger partial charge in [0.15, 0.2) is 0 Å². The molecule has 6 rings (SSSR count). The van der Waals surface area contributed by atoms with Crippen LogP contribution in [0.15, 0.2) is 82.6 Å². The number of halogens is 6. The maximum absolute atomic E-state index is 14.0. The highest BCUT2D eigenvalue weighted by Gasteiger charge is 2.57. The fourth-order valence-electron chi connectivity index (χ4n) is 5.62. The Morgan fingerprint density at radius 1 is 0.872 bits per heavy atom. The zero-order chi connectivity index (χ0) is 33.8. The molecule has 1 saturated heterocycles. The van der Waals surface area contributed by atoms with E-state index in [0.29, 0.717) is 27.2 Å². The summed E-state index contributed by atoms with van der Waals surface area (Å²) in [6.45, 7) is -0.625. The summed E-state index contributed by atoms with van der Waals surface area (Å²) in [6.07, 6.45) is -9.38. The number of hydrogen-bond acceptors (Lipinski definition) is 7. The van der Waals surface area contributed by atoms with Crippen LogP contribution in [0.4, 0.5) is 37.7 Å². The average Bonchev–Trinajstić information content (AvgIpc) is 3.46. The topological polar surface area (TPSA) is 97.7 Å². The Hall–Kier alpha value is -4.57. The lowest BCUT2D eigenvalue weighted by molar-refractivity contribution is -0.138. The highest BCUT2D eigenvalue weighted by molar-refractivity contribution is 8.00. The second-order valence-corrected chi connectivity index (χ2v) is 12.7. The molecular weight excluding hydrogens is 672 g/mol. The molecule has 244 valence electrons. The van der Waals surface area contributed by atoms with Crippen molar-refractivity contribution in [1.82, 2.24) is 4.57 Å². The summed E-state index contributed by atoms with van der Waals surface area (Å²) in [4.78, 5) is 54.5. The Kier molecular flexibility index (Phi) is 8.20. The van der Waals surface area contributed by atoms with Crippen LogP contribution in [0.2, 0.25) is 0 Å². The number of ether oxygens (including phenoxy) is 1. The van der Waals surface area contributed by atoms with E-state index in [1.54, 1.807) is 24.3 Å². The Morgan fingerprint density at radius 3 is 2.15 bits per heavy atom. The van der Waals surface area contributed by atoms with Crippen LogP contribution in [-0.4, -0.2) is 34.6 Å². The molecule has 3 heterocycles. The molecule has 1 fully saturated rings. The first kappa shape index (κ1) is 32.4. The standard InChI is InChI=1S/C31H21F6N3O5S2/c1-45-20-10-8-15(9-11-20)22-23-24(27(43)40(26(23)42)19-7-3-5-17(13-19)31(35,36)37)46-28-25(22)47-29(44)39(28)14-21(41)38-18-6-2-4-16(12-18)30(32,33)34/h2-13,22-24H,14H2,1H3,(H,38,41)/t22-,23?,24?/m1/s1. The number of aromatic nitrogens is 1. The minimum Gasteiger partial charge on any atom is -0.497 e. The van der Waals surface area contributed by atoms with Gasteiger partial charge in [-0.15, -0.1) is 0 Å². The van der Waals surface area contributed by atoms with Crippen LogP contribution in [0.25, 0.3) is 0 Å². The smallest absolute Gasteiger partial charge is 0.416 e. The fourth-order valence-corrected chi connectivity index (χ4v) is 8.39. The molecule has 3 amide bonds. The van der Waals surface area contributed by atoms with Gasteiger partial charge in [0.2, 0.25) is 17.7 Å². The van der Waals surface area contributed by atoms with E-state index in [4.69, 9.17) is 4.74 Å². The van der Waals surface area contributed by atoms with Crippen LogP contribution < -0.4 is 19.8 Å². The molecule has 1 N–H and O–H groups in total. The Balaban J connectivity index is 1.39. The molecule has 0 spiro atoms. The third kappa shape index (κ3) is 6.02. The van der Waals surface area contributed by atoms with Crippen molar-refractivity contribution in [2.24, 2.45) is 5.92 Å². The normalized spacial score (nSPS) is 19.4. The van der Waals surface area contributed by atoms with Gasteiger partial charge in [0, 0.05) is 16.5 Å². The summed E-state index contributed by atoms with van der Waals surface area (Å²) >= 11 is 1.58. The van der Waals surface area contributed by atoms with Gasteiger partial charge in [-0.3, -0.25) is 23.7 Å².